The molecule has 1 rings (SSSR count). The average Bonchev–Trinajstić information content (AvgIpc) is 2.83. The number of amides is 4. The van der Waals surface area contributed by atoms with Gasteiger partial charge in [0.05, 0.1) is 13.2 Å². The second-order valence-corrected chi connectivity index (χ2v) is 5.23. The molecular weight excluding hydrogens is 304 g/mol. The highest BCUT2D eigenvalue weighted by molar-refractivity contribution is 5.93. The highest BCUT2D eigenvalue weighted by atomic mass is 16.5. The lowest BCUT2D eigenvalue weighted by Crippen LogP contribution is -2.51. The minimum absolute atomic E-state index is 0.213. The Morgan fingerprint density at radius 1 is 1.39 bits per heavy atom. The van der Waals surface area contributed by atoms with Crippen molar-refractivity contribution in [2.75, 3.05) is 19.7 Å². The Kier molecular flexibility index (Phi) is 7.30. The van der Waals surface area contributed by atoms with Gasteiger partial charge in [-0.25, -0.2) is 4.79 Å². The predicted octanol–water partition coefficient (Wildman–Crippen LogP) is -0.896. The van der Waals surface area contributed by atoms with Crippen LogP contribution in [0.3, 0.4) is 0 Å². The van der Waals surface area contributed by atoms with E-state index in [9.17, 15) is 19.2 Å². The van der Waals surface area contributed by atoms with Gasteiger partial charge in [0.1, 0.15) is 12.1 Å². The molecule has 1 aliphatic rings. The van der Waals surface area contributed by atoms with Crippen molar-refractivity contribution in [1.29, 1.82) is 0 Å². The number of carbonyl (C=O) groups excluding carboxylic acids is 4. The van der Waals surface area contributed by atoms with Crippen LogP contribution in [0.25, 0.3) is 0 Å². The smallest absolute Gasteiger partial charge is 0.407 e. The van der Waals surface area contributed by atoms with E-state index in [1.165, 1.54) is 4.90 Å². The normalized spacial score (nSPS) is 18.4. The van der Waals surface area contributed by atoms with Crippen molar-refractivity contribution >= 4 is 23.8 Å². The topological polar surface area (TPSA) is 131 Å². The summed E-state index contributed by atoms with van der Waals surface area (Å²) in [5.74, 6) is -1.40. The molecule has 0 aromatic heterocycles. The molecule has 0 bridgehead atoms. The van der Waals surface area contributed by atoms with Crippen LogP contribution in [-0.4, -0.2) is 60.5 Å². The molecule has 1 heterocycles. The third-order valence-electron chi connectivity index (χ3n) is 3.49. The molecule has 0 radical (unpaired) electrons. The predicted molar refractivity (Wildman–Crippen MR) is 81.2 cm³/mol. The second-order valence-electron chi connectivity index (χ2n) is 5.23. The molecule has 0 saturated carbocycles. The van der Waals surface area contributed by atoms with Crippen molar-refractivity contribution in [3.8, 4) is 0 Å². The van der Waals surface area contributed by atoms with Crippen LogP contribution in [0.4, 0.5) is 4.79 Å². The van der Waals surface area contributed by atoms with Gasteiger partial charge in [-0.15, -0.1) is 0 Å². The van der Waals surface area contributed by atoms with Crippen molar-refractivity contribution in [3.63, 3.8) is 0 Å². The SMILES string of the molecule is CCC[C@@H](C(=O)NCC(N)=O)N1CC[C@@H](NC(=O)OCC)C1=O. The third-order valence-corrected chi connectivity index (χ3v) is 3.49. The Bertz CT molecular complexity index is 468. The highest BCUT2D eigenvalue weighted by Gasteiger charge is 2.39. The Morgan fingerprint density at radius 2 is 2.09 bits per heavy atom. The number of likely N-dealkylation sites (tertiary alicyclic amines) is 1. The number of nitrogens with zero attached hydrogens (tertiary/aromatic N) is 1. The molecule has 0 aromatic rings. The minimum Gasteiger partial charge on any atom is -0.450 e. The van der Waals surface area contributed by atoms with Gasteiger partial charge in [-0.2, -0.15) is 0 Å². The molecule has 2 atom stereocenters. The van der Waals surface area contributed by atoms with E-state index in [0.29, 0.717) is 25.8 Å². The summed E-state index contributed by atoms with van der Waals surface area (Å²) in [5.41, 5.74) is 5.01. The van der Waals surface area contributed by atoms with Crippen LogP contribution in [0.1, 0.15) is 33.1 Å². The Balaban J connectivity index is 2.69. The van der Waals surface area contributed by atoms with E-state index >= 15 is 0 Å². The van der Waals surface area contributed by atoms with Crippen LogP contribution in [0.2, 0.25) is 0 Å². The van der Waals surface area contributed by atoms with Crippen LogP contribution < -0.4 is 16.4 Å². The van der Waals surface area contributed by atoms with E-state index in [4.69, 9.17) is 10.5 Å². The summed E-state index contributed by atoms with van der Waals surface area (Å²) >= 11 is 0. The summed E-state index contributed by atoms with van der Waals surface area (Å²) in [4.78, 5) is 48.2. The van der Waals surface area contributed by atoms with Crippen LogP contribution >= 0.6 is 0 Å². The van der Waals surface area contributed by atoms with E-state index in [-0.39, 0.29) is 19.1 Å². The van der Waals surface area contributed by atoms with Crippen molar-refractivity contribution in [3.05, 3.63) is 0 Å². The maximum Gasteiger partial charge on any atom is 0.407 e. The van der Waals surface area contributed by atoms with Crippen LogP contribution in [0, 0.1) is 0 Å². The zero-order valence-electron chi connectivity index (χ0n) is 13.5. The van der Waals surface area contributed by atoms with Gasteiger partial charge in [0.25, 0.3) is 0 Å². The lowest BCUT2D eigenvalue weighted by molar-refractivity contribution is -0.138. The summed E-state index contributed by atoms with van der Waals surface area (Å²) in [6.07, 6.45) is 0.899. The maximum atomic E-state index is 12.4. The zero-order chi connectivity index (χ0) is 17.4. The monoisotopic (exact) mass is 328 g/mol. The molecule has 1 aliphatic heterocycles. The molecule has 1 saturated heterocycles. The van der Waals surface area contributed by atoms with Crippen molar-refractivity contribution in [1.82, 2.24) is 15.5 Å². The lowest BCUT2D eigenvalue weighted by Gasteiger charge is -2.27. The fourth-order valence-electron chi connectivity index (χ4n) is 2.45. The van der Waals surface area contributed by atoms with Gasteiger partial charge in [0.2, 0.25) is 17.7 Å². The molecule has 9 nitrogen and oxygen atoms in total. The molecular formula is C14H24N4O5. The summed E-state index contributed by atoms with van der Waals surface area (Å²) in [5, 5.41) is 4.91. The van der Waals surface area contributed by atoms with Crippen molar-refractivity contribution < 1.29 is 23.9 Å². The number of primary amides is 1. The minimum atomic E-state index is -0.697. The number of nitrogens with one attached hydrogen (secondary N) is 2. The molecule has 1 fully saturated rings. The van der Waals surface area contributed by atoms with E-state index in [0.717, 1.165) is 0 Å². The van der Waals surface area contributed by atoms with E-state index in [1.807, 2.05) is 6.92 Å². The molecule has 0 aromatic carbocycles. The number of nitrogens with two attached hydrogens (primary N) is 1. The zero-order valence-corrected chi connectivity index (χ0v) is 13.5. The number of rotatable bonds is 8. The van der Waals surface area contributed by atoms with E-state index < -0.39 is 30.0 Å². The first-order chi connectivity index (χ1) is 10.9. The Labute approximate surface area is 134 Å². The van der Waals surface area contributed by atoms with Crippen molar-refractivity contribution in [2.24, 2.45) is 5.73 Å². The number of hydrogen-bond acceptors (Lipinski definition) is 5. The first kappa shape index (κ1) is 18.7. The Hall–Kier alpha value is -2.32. The fourth-order valence-corrected chi connectivity index (χ4v) is 2.45. The first-order valence-corrected chi connectivity index (χ1v) is 7.70. The molecule has 130 valence electrons. The average molecular weight is 328 g/mol. The second kappa shape index (κ2) is 8.96. The van der Waals surface area contributed by atoms with Gasteiger partial charge < -0.3 is 26.0 Å². The Morgan fingerprint density at radius 3 is 2.65 bits per heavy atom. The number of alkyl carbamates (subject to hydrolysis) is 1. The number of ether oxygens (including phenoxy) is 1. The summed E-state index contributed by atoms with van der Waals surface area (Å²) in [6, 6.07) is -1.38. The molecule has 0 spiro atoms. The number of hydrogen-bond donors (Lipinski definition) is 3. The quantitative estimate of drug-likeness (QED) is 0.531. The van der Waals surface area contributed by atoms with Gasteiger partial charge >= 0.3 is 6.09 Å². The highest BCUT2D eigenvalue weighted by Crippen LogP contribution is 2.18. The standard InChI is InChI=1S/C14H24N4O5/c1-3-5-10(12(20)16-8-11(15)19)18-7-6-9(13(18)21)17-14(22)23-4-2/h9-10H,3-8H2,1-2H3,(H2,15,19)(H,16,20)(H,17,22)/t9-,10+/m1/s1. The van der Waals surface area contributed by atoms with E-state index in [2.05, 4.69) is 10.6 Å². The lowest BCUT2D eigenvalue weighted by atomic mass is 10.1. The third kappa shape index (κ3) is 5.42. The van der Waals surface area contributed by atoms with Crippen LogP contribution in [0.15, 0.2) is 0 Å². The van der Waals surface area contributed by atoms with Gasteiger partial charge in [-0.1, -0.05) is 13.3 Å². The molecule has 23 heavy (non-hydrogen) atoms. The molecule has 0 unspecified atom stereocenters. The number of carbonyl (C=O) groups is 4. The largest absolute Gasteiger partial charge is 0.450 e. The maximum absolute atomic E-state index is 12.4. The summed E-state index contributed by atoms with van der Waals surface area (Å²) < 4.78 is 4.76. The van der Waals surface area contributed by atoms with Crippen LogP contribution in [0.5, 0.6) is 0 Å². The van der Waals surface area contributed by atoms with Gasteiger partial charge in [0.15, 0.2) is 0 Å². The van der Waals surface area contributed by atoms with E-state index in [1.54, 1.807) is 6.92 Å². The van der Waals surface area contributed by atoms with Crippen LogP contribution in [-0.2, 0) is 19.1 Å². The van der Waals surface area contributed by atoms with Gasteiger partial charge in [0, 0.05) is 6.54 Å². The molecule has 4 N–H and O–H groups in total. The fraction of sp³-hybridized carbons (Fsp3) is 0.714. The van der Waals surface area contributed by atoms with Gasteiger partial charge in [-0.3, -0.25) is 14.4 Å². The summed E-state index contributed by atoms with van der Waals surface area (Å²) in [7, 11) is 0. The van der Waals surface area contributed by atoms with Crippen molar-refractivity contribution in [2.45, 2.75) is 45.2 Å². The molecule has 4 amide bonds. The first-order valence-electron chi connectivity index (χ1n) is 7.70. The summed E-state index contributed by atoms with van der Waals surface area (Å²) in [6.45, 7) is 3.85. The molecule has 0 aliphatic carbocycles. The van der Waals surface area contributed by atoms with Gasteiger partial charge in [-0.05, 0) is 19.8 Å². The molecule has 9 heteroatoms.